The van der Waals surface area contributed by atoms with E-state index in [0.717, 1.165) is 48.6 Å². The fourth-order valence-corrected chi connectivity index (χ4v) is 3.20. The quantitative estimate of drug-likeness (QED) is 0.862. The predicted molar refractivity (Wildman–Crippen MR) is 88.5 cm³/mol. The molecule has 0 saturated carbocycles. The van der Waals surface area contributed by atoms with Gasteiger partial charge in [0, 0.05) is 24.8 Å². The van der Waals surface area contributed by atoms with Crippen LogP contribution >= 0.6 is 12.2 Å². The van der Waals surface area contributed by atoms with Gasteiger partial charge in [-0.25, -0.2) is 4.98 Å². The molecule has 1 aromatic heterocycles. The molecule has 0 spiro atoms. The highest BCUT2D eigenvalue weighted by Gasteiger charge is 2.24. The molecular formula is C15H24N4S. The van der Waals surface area contributed by atoms with Gasteiger partial charge in [0.05, 0.1) is 5.56 Å². The van der Waals surface area contributed by atoms with Crippen LogP contribution in [0.2, 0.25) is 0 Å². The number of pyridine rings is 1. The van der Waals surface area contributed by atoms with Gasteiger partial charge in [-0.15, -0.1) is 0 Å². The molecule has 0 unspecified atom stereocenters. The van der Waals surface area contributed by atoms with Crippen LogP contribution in [0.4, 0.5) is 5.82 Å². The van der Waals surface area contributed by atoms with Crippen LogP contribution in [0.15, 0.2) is 6.07 Å². The van der Waals surface area contributed by atoms with Crippen LogP contribution < -0.4 is 10.6 Å². The van der Waals surface area contributed by atoms with Gasteiger partial charge in [-0.3, -0.25) is 0 Å². The van der Waals surface area contributed by atoms with Gasteiger partial charge in [0.15, 0.2) is 0 Å². The van der Waals surface area contributed by atoms with Crippen molar-refractivity contribution in [3.63, 3.8) is 0 Å². The Labute approximate surface area is 127 Å². The highest BCUT2D eigenvalue weighted by Crippen LogP contribution is 2.26. The second-order valence-electron chi connectivity index (χ2n) is 5.83. The summed E-state index contributed by atoms with van der Waals surface area (Å²) in [5, 5.41) is 0. The Kier molecular flexibility index (Phi) is 4.60. The van der Waals surface area contributed by atoms with Crippen molar-refractivity contribution < 1.29 is 0 Å². The Bertz CT molecular complexity index is 505. The predicted octanol–water partition coefficient (Wildman–Crippen LogP) is 1.86. The van der Waals surface area contributed by atoms with Crippen molar-refractivity contribution in [2.24, 2.45) is 5.73 Å². The number of hydrogen-bond donors (Lipinski definition) is 1. The minimum atomic E-state index is 0.444. The Balaban J connectivity index is 2.27. The van der Waals surface area contributed by atoms with Crippen molar-refractivity contribution in [1.82, 2.24) is 9.88 Å². The molecule has 1 saturated heterocycles. The molecular weight excluding hydrogens is 268 g/mol. The van der Waals surface area contributed by atoms with Crippen molar-refractivity contribution in [1.29, 1.82) is 0 Å². The van der Waals surface area contributed by atoms with E-state index in [1.807, 2.05) is 13.0 Å². The Hall–Kier alpha value is -1.20. The Morgan fingerprint density at radius 1 is 1.35 bits per heavy atom. The highest BCUT2D eigenvalue weighted by atomic mass is 32.1. The molecule has 0 radical (unpaired) electrons. The second kappa shape index (κ2) is 6.06. The Morgan fingerprint density at radius 3 is 2.45 bits per heavy atom. The number of thiocarbonyl (C=S) groups is 1. The molecule has 0 aromatic carbocycles. The summed E-state index contributed by atoms with van der Waals surface area (Å²) in [6.07, 6.45) is 2.30. The molecule has 4 nitrogen and oxygen atoms in total. The third-order valence-electron chi connectivity index (χ3n) is 4.07. The third kappa shape index (κ3) is 3.10. The first kappa shape index (κ1) is 15.2. The van der Waals surface area contributed by atoms with Gasteiger partial charge in [0.25, 0.3) is 0 Å². The van der Waals surface area contributed by atoms with Gasteiger partial charge in [-0.05, 0) is 52.4 Å². The number of aromatic nitrogens is 1. The fourth-order valence-electron chi connectivity index (χ4n) is 2.94. The lowest BCUT2D eigenvalue weighted by atomic mass is 10.0. The smallest absolute Gasteiger partial charge is 0.139 e. The van der Waals surface area contributed by atoms with E-state index in [1.54, 1.807) is 0 Å². The number of piperidine rings is 1. The topological polar surface area (TPSA) is 45.4 Å². The van der Waals surface area contributed by atoms with E-state index in [9.17, 15) is 0 Å². The average Bonchev–Trinajstić information content (AvgIpc) is 2.37. The van der Waals surface area contributed by atoms with Gasteiger partial charge in [0.1, 0.15) is 10.8 Å². The molecule has 2 N–H and O–H groups in total. The SMILES string of the molecule is Cc1cc(C)c(C(N)=S)c(N2CCC(N(C)C)CC2)n1. The summed E-state index contributed by atoms with van der Waals surface area (Å²) in [5.74, 6) is 0.965. The van der Waals surface area contributed by atoms with E-state index < -0.39 is 0 Å². The largest absolute Gasteiger partial charge is 0.389 e. The molecule has 0 aliphatic carbocycles. The number of hydrogen-bond acceptors (Lipinski definition) is 4. The zero-order valence-corrected chi connectivity index (χ0v) is 13.6. The molecule has 20 heavy (non-hydrogen) atoms. The van der Waals surface area contributed by atoms with Gasteiger partial charge >= 0.3 is 0 Å². The first-order valence-corrected chi connectivity index (χ1v) is 7.50. The lowest BCUT2D eigenvalue weighted by Crippen LogP contribution is -2.43. The van der Waals surface area contributed by atoms with E-state index >= 15 is 0 Å². The van der Waals surface area contributed by atoms with Crippen molar-refractivity contribution in [2.75, 3.05) is 32.1 Å². The standard InChI is InChI=1S/C15H24N4S/c1-10-9-11(2)17-15(13(10)14(16)20)19-7-5-12(6-8-19)18(3)4/h9,12H,5-8H2,1-4H3,(H2,16,20). The maximum atomic E-state index is 5.90. The summed E-state index contributed by atoms with van der Waals surface area (Å²) in [5.41, 5.74) is 8.98. The van der Waals surface area contributed by atoms with Crippen LogP contribution in [-0.4, -0.2) is 48.1 Å². The zero-order chi connectivity index (χ0) is 14.9. The number of nitrogens with zero attached hydrogens (tertiary/aromatic N) is 3. The molecule has 2 rings (SSSR count). The molecule has 1 fully saturated rings. The lowest BCUT2D eigenvalue weighted by Gasteiger charge is -2.36. The van der Waals surface area contributed by atoms with Crippen LogP contribution in [0.1, 0.15) is 29.7 Å². The summed E-state index contributed by atoms with van der Waals surface area (Å²) in [6.45, 7) is 6.09. The van der Waals surface area contributed by atoms with E-state index in [4.69, 9.17) is 22.9 Å². The fraction of sp³-hybridized carbons (Fsp3) is 0.600. The van der Waals surface area contributed by atoms with E-state index in [-0.39, 0.29) is 0 Å². The summed E-state index contributed by atoms with van der Waals surface area (Å²) >= 11 is 5.22. The summed E-state index contributed by atoms with van der Waals surface area (Å²) < 4.78 is 0. The number of nitrogens with two attached hydrogens (primary N) is 1. The lowest BCUT2D eigenvalue weighted by molar-refractivity contribution is 0.249. The first-order valence-electron chi connectivity index (χ1n) is 7.09. The van der Waals surface area contributed by atoms with Gasteiger partial charge < -0.3 is 15.5 Å². The molecule has 0 amide bonds. The monoisotopic (exact) mass is 292 g/mol. The van der Waals surface area contributed by atoms with Gasteiger partial charge in [0.2, 0.25) is 0 Å². The van der Waals surface area contributed by atoms with Crippen molar-refractivity contribution >= 4 is 23.0 Å². The van der Waals surface area contributed by atoms with E-state index in [1.165, 1.54) is 0 Å². The minimum Gasteiger partial charge on any atom is -0.389 e. The zero-order valence-electron chi connectivity index (χ0n) is 12.8. The van der Waals surface area contributed by atoms with Crippen molar-refractivity contribution in [2.45, 2.75) is 32.7 Å². The summed E-state index contributed by atoms with van der Waals surface area (Å²) in [6, 6.07) is 2.70. The number of anilines is 1. The summed E-state index contributed by atoms with van der Waals surface area (Å²) in [4.78, 5) is 9.77. The maximum absolute atomic E-state index is 5.90. The molecule has 0 atom stereocenters. The second-order valence-corrected chi connectivity index (χ2v) is 6.27. The van der Waals surface area contributed by atoms with E-state index in [0.29, 0.717) is 11.0 Å². The van der Waals surface area contributed by atoms with Crippen molar-refractivity contribution in [3.8, 4) is 0 Å². The molecule has 1 aliphatic rings. The average molecular weight is 292 g/mol. The van der Waals surface area contributed by atoms with Crippen LogP contribution in [0.5, 0.6) is 0 Å². The summed E-state index contributed by atoms with van der Waals surface area (Å²) in [7, 11) is 4.30. The van der Waals surface area contributed by atoms with Gasteiger partial charge in [-0.1, -0.05) is 12.2 Å². The Morgan fingerprint density at radius 2 is 1.95 bits per heavy atom. The normalized spacial score (nSPS) is 16.8. The number of rotatable bonds is 3. The van der Waals surface area contributed by atoms with Crippen LogP contribution in [0.3, 0.4) is 0 Å². The minimum absolute atomic E-state index is 0.444. The maximum Gasteiger partial charge on any atom is 0.139 e. The van der Waals surface area contributed by atoms with E-state index in [2.05, 4.69) is 30.8 Å². The third-order valence-corrected chi connectivity index (χ3v) is 4.27. The van der Waals surface area contributed by atoms with Crippen LogP contribution in [0.25, 0.3) is 0 Å². The highest BCUT2D eigenvalue weighted by molar-refractivity contribution is 7.80. The molecule has 110 valence electrons. The van der Waals surface area contributed by atoms with Gasteiger partial charge in [-0.2, -0.15) is 0 Å². The molecule has 5 heteroatoms. The van der Waals surface area contributed by atoms with Crippen molar-refractivity contribution in [3.05, 3.63) is 22.9 Å². The number of aryl methyl sites for hydroxylation is 2. The molecule has 0 bridgehead atoms. The van der Waals surface area contributed by atoms with Crippen LogP contribution in [0, 0.1) is 13.8 Å². The van der Waals surface area contributed by atoms with Crippen LogP contribution in [-0.2, 0) is 0 Å². The molecule has 1 aromatic rings. The molecule has 1 aliphatic heterocycles. The molecule has 2 heterocycles. The first-order chi connectivity index (χ1) is 9.40.